The molecule has 5 aromatic rings. The van der Waals surface area contributed by atoms with Gasteiger partial charge < -0.3 is 15.4 Å². The lowest BCUT2D eigenvalue weighted by Gasteiger charge is -2.32. The van der Waals surface area contributed by atoms with E-state index in [2.05, 4.69) is 10.6 Å². The number of hydrogen-bond acceptors (Lipinski definition) is 6. The van der Waals surface area contributed by atoms with Gasteiger partial charge in [0.15, 0.2) is 0 Å². The molecule has 1 fully saturated rings. The summed E-state index contributed by atoms with van der Waals surface area (Å²) < 4.78 is 5.00. The molecule has 45 heavy (non-hydrogen) atoms. The number of carbonyl (C=O) groups is 3. The van der Waals surface area contributed by atoms with E-state index in [0.717, 1.165) is 52.7 Å². The third-order valence-electron chi connectivity index (χ3n) is 9.58. The van der Waals surface area contributed by atoms with Crippen LogP contribution in [0.25, 0.3) is 43.1 Å². The quantitative estimate of drug-likeness (QED) is 0.0831. The molecular formula is C34H27Cl4N3O4. The van der Waals surface area contributed by atoms with Gasteiger partial charge in [-0.05, 0) is 50.5 Å². The van der Waals surface area contributed by atoms with Crippen LogP contribution in [-0.4, -0.2) is 47.9 Å². The number of hydrogen-bond donors (Lipinski definition) is 2. The minimum absolute atomic E-state index is 0.0451. The number of ether oxygens (including phenoxy) is 1. The van der Waals surface area contributed by atoms with Crippen molar-refractivity contribution in [1.82, 2.24) is 4.90 Å². The SMILES string of the molecule is CCOC(=O)CCCN1C(=O)c2cc(Cl)c3c4c(Cl)cc5c6c(cc(Cl)c(c7c(Cl)cc(c2c37)C1=O)c64)NC1CCCCC1N5. The second-order valence-electron chi connectivity index (χ2n) is 12.1. The first-order valence-electron chi connectivity index (χ1n) is 15.2. The molecule has 2 unspecified atom stereocenters. The summed E-state index contributed by atoms with van der Waals surface area (Å²) in [5.41, 5.74) is 2.40. The van der Waals surface area contributed by atoms with Crippen molar-refractivity contribution in [3.05, 3.63) is 55.5 Å². The zero-order valence-corrected chi connectivity index (χ0v) is 27.2. The lowest BCUT2D eigenvalue weighted by Crippen LogP contribution is -2.41. The molecule has 3 aliphatic rings. The van der Waals surface area contributed by atoms with Gasteiger partial charge in [0.2, 0.25) is 0 Å². The number of benzene rings is 5. The molecule has 2 aliphatic heterocycles. The van der Waals surface area contributed by atoms with Crippen molar-refractivity contribution in [2.24, 2.45) is 0 Å². The number of rotatable bonds is 5. The maximum Gasteiger partial charge on any atom is 0.305 e. The summed E-state index contributed by atoms with van der Waals surface area (Å²) in [5, 5.41) is 14.6. The van der Waals surface area contributed by atoms with Crippen LogP contribution in [0.1, 0.15) is 66.2 Å². The summed E-state index contributed by atoms with van der Waals surface area (Å²) in [5.74, 6) is -1.36. The number of halogens is 4. The van der Waals surface area contributed by atoms with Gasteiger partial charge in [-0.1, -0.05) is 59.2 Å². The van der Waals surface area contributed by atoms with Gasteiger partial charge in [0.1, 0.15) is 0 Å². The molecule has 7 nitrogen and oxygen atoms in total. The summed E-state index contributed by atoms with van der Waals surface area (Å²) in [6, 6.07) is 7.60. The molecule has 1 aliphatic carbocycles. The number of carbonyl (C=O) groups excluding carboxylic acids is 3. The molecule has 230 valence electrons. The van der Waals surface area contributed by atoms with E-state index in [9.17, 15) is 14.4 Å². The molecule has 2 heterocycles. The third-order valence-corrected chi connectivity index (χ3v) is 10.8. The number of imide groups is 1. The van der Waals surface area contributed by atoms with Crippen molar-refractivity contribution in [2.75, 3.05) is 23.8 Å². The van der Waals surface area contributed by atoms with Crippen molar-refractivity contribution < 1.29 is 19.1 Å². The van der Waals surface area contributed by atoms with E-state index < -0.39 is 11.8 Å². The first-order valence-corrected chi connectivity index (χ1v) is 16.7. The van der Waals surface area contributed by atoms with Crippen LogP contribution in [0.5, 0.6) is 0 Å². The van der Waals surface area contributed by atoms with E-state index in [1.165, 1.54) is 0 Å². The predicted octanol–water partition coefficient (Wildman–Crippen LogP) is 9.44. The Morgan fingerprint density at radius 3 is 1.69 bits per heavy atom. The van der Waals surface area contributed by atoms with E-state index in [1.807, 2.05) is 12.1 Å². The van der Waals surface area contributed by atoms with Gasteiger partial charge in [0.25, 0.3) is 11.8 Å². The minimum atomic E-state index is -0.487. The van der Waals surface area contributed by atoms with Crippen LogP contribution in [0.15, 0.2) is 24.3 Å². The van der Waals surface area contributed by atoms with E-state index in [1.54, 1.807) is 19.1 Å². The monoisotopic (exact) mass is 681 g/mol. The average molecular weight is 683 g/mol. The fourth-order valence-electron chi connectivity index (χ4n) is 7.76. The maximum atomic E-state index is 13.9. The molecule has 11 heteroatoms. The molecule has 5 aromatic carbocycles. The number of nitrogens with one attached hydrogen (secondary N) is 2. The van der Waals surface area contributed by atoms with Crippen LogP contribution >= 0.6 is 46.4 Å². The third kappa shape index (κ3) is 4.20. The zero-order chi connectivity index (χ0) is 31.3. The molecular weight excluding hydrogens is 656 g/mol. The summed E-state index contributed by atoms with van der Waals surface area (Å²) in [6.07, 6.45) is 4.74. The van der Waals surface area contributed by atoms with Gasteiger partial charge in [0, 0.05) is 89.6 Å². The molecule has 0 spiro atoms. The van der Waals surface area contributed by atoms with E-state index in [-0.39, 0.29) is 55.2 Å². The summed E-state index contributed by atoms with van der Waals surface area (Å²) in [7, 11) is 0. The fourth-order valence-corrected chi connectivity index (χ4v) is 8.95. The standard InChI is InChI=1S/C34H27Cl4N3O4/c1-2-45-24(42)8-5-9-41-33(43)14-10-16(35)26-28-18(37)12-22-30-23(40-21-7-4-3-6-20(21)39-22)13-19(38)29(32(28)30)27-17(36)11-15(34(41)44)25(14)31(26)27/h10-13,20-21,39-40H,2-9H2,1H3. The second-order valence-corrected chi connectivity index (χ2v) is 13.7. The lowest BCUT2D eigenvalue weighted by atomic mass is 9.84. The van der Waals surface area contributed by atoms with Gasteiger partial charge in [-0.3, -0.25) is 19.3 Å². The highest BCUT2D eigenvalue weighted by Gasteiger charge is 2.37. The molecule has 0 aromatic heterocycles. The Morgan fingerprint density at radius 2 is 1.20 bits per heavy atom. The molecule has 2 amide bonds. The first-order chi connectivity index (χ1) is 21.7. The molecule has 0 bridgehead atoms. The van der Waals surface area contributed by atoms with Crippen molar-refractivity contribution in [2.45, 2.75) is 57.5 Å². The molecule has 2 atom stereocenters. The normalized spacial score (nSPS) is 19.3. The zero-order valence-electron chi connectivity index (χ0n) is 24.2. The minimum Gasteiger partial charge on any atom is -0.466 e. The van der Waals surface area contributed by atoms with Gasteiger partial charge >= 0.3 is 5.97 Å². The highest BCUT2D eigenvalue weighted by atomic mass is 35.5. The smallest absolute Gasteiger partial charge is 0.305 e. The van der Waals surface area contributed by atoms with Crippen LogP contribution in [0.3, 0.4) is 0 Å². The number of amides is 2. The van der Waals surface area contributed by atoms with Crippen LogP contribution in [0.2, 0.25) is 20.1 Å². The second kappa shape index (κ2) is 10.7. The maximum absolute atomic E-state index is 13.9. The number of fused-ring (bicyclic) bond motifs is 3. The fraction of sp³-hybridized carbons (Fsp3) is 0.324. The molecule has 1 saturated carbocycles. The largest absolute Gasteiger partial charge is 0.466 e. The van der Waals surface area contributed by atoms with Crippen LogP contribution in [0.4, 0.5) is 11.4 Å². The van der Waals surface area contributed by atoms with E-state index >= 15 is 0 Å². The Labute approximate surface area is 278 Å². The number of nitrogens with zero attached hydrogens (tertiary/aromatic N) is 1. The van der Waals surface area contributed by atoms with E-state index in [4.69, 9.17) is 51.1 Å². The lowest BCUT2D eigenvalue weighted by molar-refractivity contribution is -0.143. The Hall–Kier alpha value is -3.23. The molecule has 8 rings (SSSR count). The van der Waals surface area contributed by atoms with Crippen molar-refractivity contribution >= 4 is 119 Å². The number of esters is 1. The van der Waals surface area contributed by atoms with Crippen molar-refractivity contribution in [1.29, 1.82) is 0 Å². The number of anilines is 2. The Morgan fingerprint density at radius 1 is 0.733 bits per heavy atom. The molecule has 0 saturated heterocycles. The summed E-state index contributed by atoms with van der Waals surface area (Å²) in [6.45, 7) is 2.04. The molecule has 0 radical (unpaired) electrons. The van der Waals surface area contributed by atoms with Gasteiger partial charge in [-0.25, -0.2) is 0 Å². The van der Waals surface area contributed by atoms with Gasteiger partial charge in [0.05, 0.1) is 27.8 Å². The van der Waals surface area contributed by atoms with Crippen LogP contribution in [-0.2, 0) is 9.53 Å². The van der Waals surface area contributed by atoms with E-state index in [0.29, 0.717) is 52.4 Å². The van der Waals surface area contributed by atoms with Gasteiger partial charge in [-0.15, -0.1) is 0 Å². The highest BCUT2D eigenvalue weighted by molar-refractivity contribution is 6.55. The van der Waals surface area contributed by atoms with Crippen molar-refractivity contribution in [3.63, 3.8) is 0 Å². The summed E-state index contributed by atoms with van der Waals surface area (Å²) in [4.78, 5) is 40.8. The highest BCUT2D eigenvalue weighted by Crippen LogP contribution is 2.55. The Kier molecular flexibility index (Phi) is 6.92. The summed E-state index contributed by atoms with van der Waals surface area (Å²) >= 11 is 28.5. The predicted molar refractivity (Wildman–Crippen MR) is 182 cm³/mol. The average Bonchev–Trinajstić information content (AvgIpc) is 3.16. The van der Waals surface area contributed by atoms with Crippen LogP contribution in [0, 0.1) is 0 Å². The molecule has 2 N–H and O–H groups in total. The van der Waals surface area contributed by atoms with Gasteiger partial charge in [-0.2, -0.15) is 0 Å². The topological polar surface area (TPSA) is 87.7 Å². The Bertz CT molecular complexity index is 2020. The van der Waals surface area contributed by atoms with Crippen LogP contribution < -0.4 is 10.6 Å². The Balaban J connectivity index is 1.41. The van der Waals surface area contributed by atoms with Crippen molar-refractivity contribution in [3.8, 4) is 0 Å². The first kappa shape index (κ1) is 29.2.